The third-order valence-corrected chi connectivity index (χ3v) is 2.77. The molecule has 18 heavy (non-hydrogen) atoms. The second-order valence-electron chi connectivity index (χ2n) is 4.70. The van der Waals surface area contributed by atoms with Crippen LogP contribution in [0, 0.1) is 0 Å². The van der Waals surface area contributed by atoms with E-state index in [2.05, 4.69) is 19.1 Å². The maximum atomic E-state index is 10.5. The lowest BCUT2D eigenvalue weighted by atomic mass is 10.00. The monoisotopic (exact) mass is 250 g/mol. The first-order valence-corrected chi connectivity index (χ1v) is 6.53. The van der Waals surface area contributed by atoms with Gasteiger partial charge in [-0.2, -0.15) is 0 Å². The third kappa shape index (κ3) is 4.78. The van der Waals surface area contributed by atoms with Crippen LogP contribution < -0.4 is 4.74 Å². The van der Waals surface area contributed by atoms with Gasteiger partial charge in [-0.15, -0.1) is 0 Å². The number of rotatable bonds is 7. The van der Waals surface area contributed by atoms with E-state index in [0.717, 1.165) is 18.6 Å². The molecule has 1 aromatic rings. The summed E-state index contributed by atoms with van der Waals surface area (Å²) in [6.07, 6.45) is 2.85. The smallest absolute Gasteiger partial charge is 0.303 e. The summed E-state index contributed by atoms with van der Waals surface area (Å²) in [7, 11) is 0. The van der Waals surface area contributed by atoms with E-state index in [1.807, 2.05) is 19.9 Å². The molecule has 0 amide bonds. The van der Waals surface area contributed by atoms with Crippen molar-refractivity contribution < 1.29 is 14.6 Å². The minimum Gasteiger partial charge on any atom is -0.491 e. The van der Waals surface area contributed by atoms with E-state index >= 15 is 0 Å². The van der Waals surface area contributed by atoms with Gasteiger partial charge >= 0.3 is 5.97 Å². The standard InChI is InChI=1S/C15H22O3/c1-4-12-10-14(18-11(2)3)9-8-13(12)6-5-7-15(16)17/h8-11H,4-7H2,1-3H3,(H,16,17). The molecule has 1 rings (SSSR count). The Labute approximate surface area is 109 Å². The molecule has 0 aliphatic heterocycles. The fourth-order valence-electron chi connectivity index (χ4n) is 1.95. The number of carboxylic acids is 1. The van der Waals surface area contributed by atoms with Crippen molar-refractivity contribution in [1.29, 1.82) is 0 Å². The van der Waals surface area contributed by atoms with E-state index in [0.29, 0.717) is 6.42 Å². The Morgan fingerprint density at radius 1 is 1.33 bits per heavy atom. The van der Waals surface area contributed by atoms with Gasteiger partial charge in [0, 0.05) is 6.42 Å². The molecule has 3 heteroatoms. The summed E-state index contributed by atoms with van der Waals surface area (Å²) in [4.78, 5) is 10.5. The van der Waals surface area contributed by atoms with Gasteiger partial charge in [0.25, 0.3) is 0 Å². The summed E-state index contributed by atoms with van der Waals surface area (Å²) in [5.74, 6) is 0.164. The van der Waals surface area contributed by atoms with Crippen LogP contribution >= 0.6 is 0 Å². The Morgan fingerprint density at radius 2 is 2.06 bits per heavy atom. The van der Waals surface area contributed by atoms with Gasteiger partial charge in [-0.25, -0.2) is 0 Å². The Balaban J connectivity index is 2.70. The van der Waals surface area contributed by atoms with Crippen LogP contribution in [0.1, 0.15) is 44.7 Å². The van der Waals surface area contributed by atoms with Gasteiger partial charge in [-0.05, 0) is 56.4 Å². The number of ether oxygens (including phenoxy) is 1. The average molecular weight is 250 g/mol. The molecule has 0 aromatic heterocycles. The molecular weight excluding hydrogens is 228 g/mol. The highest BCUT2D eigenvalue weighted by Gasteiger charge is 2.06. The molecule has 0 heterocycles. The number of benzene rings is 1. The van der Waals surface area contributed by atoms with Crippen LogP contribution in [0.2, 0.25) is 0 Å². The molecule has 0 aliphatic carbocycles. The number of hydrogen-bond acceptors (Lipinski definition) is 2. The molecular formula is C15H22O3. The predicted molar refractivity (Wildman–Crippen MR) is 72.2 cm³/mol. The zero-order valence-electron chi connectivity index (χ0n) is 11.4. The minimum atomic E-state index is -0.729. The van der Waals surface area contributed by atoms with Crippen molar-refractivity contribution in [3.63, 3.8) is 0 Å². The minimum absolute atomic E-state index is 0.174. The van der Waals surface area contributed by atoms with E-state index < -0.39 is 5.97 Å². The van der Waals surface area contributed by atoms with E-state index in [1.165, 1.54) is 11.1 Å². The quantitative estimate of drug-likeness (QED) is 0.806. The Morgan fingerprint density at radius 3 is 2.61 bits per heavy atom. The summed E-state index contributed by atoms with van der Waals surface area (Å²) < 4.78 is 5.66. The molecule has 0 saturated carbocycles. The first-order chi connectivity index (χ1) is 8.52. The number of hydrogen-bond donors (Lipinski definition) is 1. The van der Waals surface area contributed by atoms with Crippen LogP contribution in [-0.4, -0.2) is 17.2 Å². The zero-order valence-corrected chi connectivity index (χ0v) is 11.4. The van der Waals surface area contributed by atoms with Crippen LogP contribution in [0.5, 0.6) is 5.75 Å². The Kier molecular flexibility index (Phi) is 5.69. The molecule has 0 spiro atoms. The van der Waals surface area contributed by atoms with Gasteiger partial charge < -0.3 is 9.84 Å². The molecule has 0 fully saturated rings. The second-order valence-corrected chi connectivity index (χ2v) is 4.70. The van der Waals surface area contributed by atoms with Crippen LogP contribution in [0.4, 0.5) is 0 Å². The molecule has 0 aliphatic rings. The maximum absolute atomic E-state index is 10.5. The third-order valence-electron chi connectivity index (χ3n) is 2.77. The molecule has 0 saturated heterocycles. The average Bonchev–Trinajstić information content (AvgIpc) is 2.29. The van der Waals surface area contributed by atoms with Gasteiger partial charge in [0.1, 0.15) is 5.75 Å². The van der Waals surface area contributed by atoms with Crippen LogP contribution in [0.3, 0.4) is 0 Å². The Hall–Kier alpha value is -1.51. The Bertz CT molecular complexity index is 397. The molecule has 0 unspecified atom stereocenters. The van der Waals surface area contributed by atoms with Crippen LogP contribution in [0.25, 0.3) is 0 Å². The normalized spacial score (nSPS) is 10.7. The SMILES string of the molecule is CCc1cc(OC(C)C)ccc1CCCC(=O)O. The van der Waals surface area contributed by atoms with Gasteiger partial charge in [0.05, 0.1) is 6.10 Å². The van der Waals surface area contributed by atoms with Gasteiger partial charge in [-0.3, -0.25) is 4.79 Å². The molecule has 1 aromatic carbocycles. The van der Waals surface area contributed by atoms with E-state index in [1.54, 1.807) is 0 Å². The fourth-order valence-corrected chi connectivity index (χ4v) is 1.95. The van der Waals surface area contributed by atoms with Crippen molar-refractivity contribution in [3.05, 3.63) is 29.3 Å². The van der Waals surface area contributed by atoms with Crippen molar-refractivity contribution in [2.75, 3.05) is 0 Å². The number of carboxylic acid groups (broad SMARTS) is 1. The molecule has 0 atom stereocenters. The fraction of sp³-hybridized carbons (Fsp3) is 0.533. The van der Waals surface area contributed by atoms with Gasteiger partial charge in [0.2, 0.25) is 0 Å². The van der Waals surface area contributed by atoms with E-state index in [-0.39, 0.29) is 12.5 Å². The van der Waals surface area contributed by atoms with Crippen LogP contribution in [-0.2, 0) is 17.6 Å². The number of carbonyl (C=O) groups is 1. The topological polar surface area (TPSA) is 46.5 Å². The van der Waals surface area contributed by atoms with Gasteiger partial charge in [0.15, 0.2) is 0 Å². The van der Waals surface area contributed by atoms with Crippen molar-refractivity contribution in [1.82, 2.24) is 0 Å². The lowest BCUT2D eigenvalue weighted by molar-refractivity contribution is -0.137. The highest BCUT2D eigenvalue weighted by molar-refractivity contribution is 5.66. The van der Waals surface area contributed by atoms with Crippen molar-refractivity contribution >= 4 is 5.97 Å². The predicted octanol–water partition coefficient (Wildman–Crippen LogP) is 3.44. The molecule has 0 radical (unpaired) electrons. The van der Waals surface area contributed by atoms with Gasteiger partial charge in [-0.1, -0.05) is 13.0 Å². The first kappa shape index (κ1) is 14.6. The largest absolute Gasteiger partial charge is 0.491 e. The summed E-state index contributed by atoms with van der Waals surface area (Å²) in [5.41, 5.74) is 2.48. The summed E-state index contributed by atoms with van der Waals surface area (Å²) in [5, 5.41) is 8.64. The number of aliphatic carboxylic acids is 1. The van der Waals surface area contributed by atoms with Crippen molar-refractivity contribution in [2.24, 2.45) is 0 Å². The molecule has 100 valence electrons. The van der Waals surface area contributed by atoms with E-state index in [9.17, 15) is 4.79 Å². The molecule has 3 nitrogen and oxygen atoms in total. The summed E-state index contributed by atoms with van der Waals surface area (Å²) >= 11 is 0. The highest BCUT2D eigenvalue weighted by atomic mass is 16.5. The first-order valence-electron chi connectivity index (χ1n) is 6.53. The number of aryl methyl sites for hydroxylation is 2. The van der Waals surface area contributed by atoms with E-state index in [4.69, 9.17) is 9.84 Å². The lowest BCUT2D eigenvalue weighted by Crippen LogP contribution is -2.06. The van der Waals surface area contributed by atoms with Crippen LogP contribution in [0.15, 0.2) is 18.2 Å². The van der Waals surface area contributed by atoms with Crippen molar-refractivity contribution in [3.8, 4) is 5.75 Å². The zero-order chi connectivity index (χ0) is 13.5. The molecule has 0 bridgehead atoms. The summed E-state index contributed by atoms with van der Waals surface area (Å²) in [6, 6.07) is 6.09. The maximum Gasteiger partial charge on any atom is 0.303 e. The second kappa shape index (κ2) is 7.04. The molecule has 1 N–H and O–H groups in total. The highest BCUT2D eigenvalue weighted by Crippen LogP contribution is 2.21. The lowest BCUT2D eigenvalue weighted by Gasteiger charge is -2.13. The van der Waals surface area contributed by atoms with Crippen molar-refractivity contribution in [2.45, 2.75) is 52.6 Å². The summed E-state index contributed by atoms with van der Waals surface area (Å²) in [6.45, 7) is 6.12.